The van der Waals surface area contributed by atoms with Crippen LogP contribution in [-0.4, -0.2) is 9.97 Å². The quantitative estimate of drug-likeness (QED) is 0.786. The maximum atomic E-state index is 6.30. The van der Waals surface area contributed by atoms with Crippen LogP contribution in [0.15, 0.2) is 61.1 Å². The van der Waals surface area contributed by atoms with Crippen LogP contribution >= 0.6 is 0 Å². The zero-order chi connectivity index (χ0) is 13.8. The Bertz CT molecular complexity index is 695. The van der Waals surface area contributed by atoms with Gasteiger partial charge in [0, 0.05) is 30.0 Å². The van der Waals surface area contributed by atoms with E-state index in [9.17, 15) is 0 Å². The van der Waals surface area contributed by atoms with Crippen molar-refractivity contribution in [1.82, 2.24) is 9.97 Å². The van der Waals surface area contributed by atoms with Gasteiger partial charge in [0.15, 0.2) is 0 Å². The molecular weight excluding hydrogens is 246 g/mol. The average molecular weight is 263 g/mol. The van der Waals surface area contributed by atoms with Gasteiger partial charge in [-0.15, -0.1) is 0 Å². The van der Waals surface area contributed by atoms with Crippen LogP contribution in [0.1, 0.15) is 23.6 Å². The Kier molecular flexibility index (Phi) is 3.70. The molecule has 3 nitrogen and oxygen atoms in total. The zero-order valence-electron chi connectivity index (χ0n) is 11.2. The van der Waals surface area contributed by atoms with E-state index in [1.54, 1.807) is 0 Å². The second-order valence-electron chi connectivity index (χ2n) is 4.96. The largest absolute Gasteiger partial charge is 0.324 e. The Balaban J connectivity index is 1.73. The van der Waals surface area contributed by atoms with Crippen LogP contribution in [0.3, 0.4) is 0 Å². The van der Waals surface area contributed by atoms with Gasteiger partial charge in [0.25, 0.3) is 0 Å². The number of rotatable bonds is 4. The maximum Gasteiger partial charge on any atom is 0.0702 e. The van der Waals surface area contributed by atoms with Crippen LogP contribution in [0.2, 0.25) is 0 Å². The lowest BCUT2D eigenvalue weighted by Gasteiger charge is -2.12. The Hall–Kier alpha value is -2.26. The molecule has 2 heterocycles. The summed E-state index contributed by atoms with van der Waals surface area (Å²) in [6.45, 7) is 0. The van der Waals surface area contributed by atoms with Crippen LogP contribution in [0.25, 0.3) is 10.9 Å². The molecule has 3 heteroatoms. The molecule has 0 spiro atoms. The van der Waals surface area contributed by atoms with Crippen molar-refractivity contribution in [2.45, 2.75) is 18.9 Å². The van der Waals surface area contributed by atoms with Crippen molar-refractivity contribution in [3.63, 3.8) is 0 Å². The Morgan fingerprint density at radius 3 is 2.70 bits per heavy atom. The summed E-state index contributed by atoms with van der Waals surface area (Å²) >= 11 is 0. The van der Waals surface area contributed by atoms with E-state index >= 15 is 0 Å². The van der Waals surface area contributed by atoms with Crippen molar-refractivity contribution in [1.29, 1.82) is 0 Å². The van der Waals surface area contributed by atoms with Crippen molar-refractivity contribution in [3.8, 4) is 0 Å². The molecule has 1 unspecified atom stereocenters. The third-order valence-corrected chi connectivity index (χ3v) is 3.55. The van der Waals surface area contributed by atoms with Gasteiger partial charge in [-0.25, -0.2) is 0 Å². The summed E-state index contributed by atoms with van der Waals surface area (Å²) in [6, 6.07) is 14.4. The Labute approximate surface area is 118 Å². The first kappa shape index (κ1) is 12.8. The number of hydrogen-bond acceptors (Lipinski definition) is 3. The third-order valence-electron chi connectivity index (χ3n) is 3.55. The molecule has 0 aliphatic carbocycles. The molecule has 0 saturated carbocycles. The van der Waals surface area contributed by atoms with E-state index < -0.39 is 0 Å². The van der Waals surface area contributed by atoms with E-state index in [2.05, 4.69) is 28.2 Å². The number of pyridine rings is 2. The van der Waals surface area contributed by atoms with Gasteiger partial charge in [0.1, 0.15) is 0 Å². The third kappa shape index (κ3) is 2.83. The lowest BCUT2D eigenvalue weighted by molar-refractivity contribution is 0.652. The van der Waals surface area contributed by atoms with Crippen LogP contribution < -0.4 is 5.73 Å². The highest BCUT2D eigenvalue weighted by atomic mass is 14.7. The molecule has 0 amide bonds. The summed E-state index contributed by atoms with van der Waals surface area (Å²) in [7, 11) is 0. The summed E-state index contributed by atoms with van der Waals surface area (Å²) in [4.78, 5) is 8.35. The minimum atomic E-state index is 0.0489. The summed E-state index contributed by atoms with van der Waals surface area (Å²) in [5, 5.41) is 1.14. The van der Waals surface area contributed by atoms with Crippen LogP contribution in [0.5, 0.6) is 0 Å². The molecule has 0 aliphatic rings. The molecule has 0 aliphatic heterocycles. The predicted molar refractivity (Wildman–Crippen MR) is 81.2 cm³/mol. The highest BCUT2D eigenvalue weighted by Gasteiger charge is 2.07. The smallest absolute Gasteiger partial charge is 0.0702 e. The summed E-state index contributed by atoms with van der Waals surface area (Å²) in [5.74, 6) is 0. The van der Waals surface area contributed by atoms with Crippen molar-refractivity contribution in [2.24, 2.45) is 5.73 Å². The Morgan fingerprint density at radius 1 is 1.00 bits per heavy atom. The molecule has 1 atom stereocenters. The molecule has 0 saturated heterocycles. The number of aryl methyl sites for hydroxylation is 1. The van der Waals surface area contributed by atoms with Gasteiger partial charge >= 0.3 is 0 Å². The van der Waals surface area contributed by atoms with Crippen LogP contribution in [-0.2, 0) is 6.42 Å². The van der Waals surface area contributed by atoms with E-state index in [-0.39, 0.29) is 6.04 Å². The number of benzene rings is 1. The fraction of sp³-hybridized carbons (Fsp3) is 0.176. The van der Waals surface area contributed by atoms with E-state index in [1.807, 2.05) is 42.9 Å². The molecule has 0 radical (unpaired) electrons. The molecule has 3 rings (SSSR count). The Morgan fingerprint density at radius 2 is 1.85 bits per heavy atom. The highest BCUT2D eigenvalue weighted by Crippen LogP contribution is 2.21. The topological polar surface area (TPSA) is 51.8 Å². The van der Waals surface area contributed by atoms with Gasteiger partial charge < -0.3 is 5.73 Å². The summed E-state index contributed by atoms with van der Waals surface area (Å²) in [5.41, 5.74) is 9.75. The molecular formula is C17H17N3. The van der Waals surface area contributed by atoms with Gasteiger partial charge in [-0.05, 0) is 54.3 Å². The van der Waals surface area contributed by atoms with Crippen LogP contribution in [0, 0.1) is 0 Å². The normalized spacial score (nSPS) is 12.4. The first-order chi connectivity index (χ1) is 9.83. The zero-order valence-corrected chi connectivity index (χ0v) is 11.2. The van der Waals surface area contributed by atoms with Gasteiger partial charge in [-0.1, -0.05) is 12.1 Å². The second-order valence-corrected chi connectivity index (χ2v) is 4.96. The van der Waals surface area contributed by atoms with Crippen molar-refractivity contribution in [3.05, 3.63) is 72.2 Å². The first-order valence-electron chi connectivity index (χ1n) is 6.82. The molecule has 100 valence electrons. The minimum absolute atomic E-state index is 0.0489. The fourth-order valence-corrected chi connectivity index (χ4v) is 2.36. The van der Waals surface area contributed by atoms with Crippen molar-refractivity contribution >= 4 is 10.9 Å². The number of nitrogens with two attached hydrogens (primary N) is 1. The lowest BCUT2D eigenvalue weighted by Crippen LogP contribution is -2.11. The predicted octanol–water partition coefficient (Wildman–Crippen LogP) is 3.26. The lowest BCUT2D eigenvalue weighted by atomic mass is 9.99. The van der Waals surface area contributed by atoms with E-state index in [0.717, 1.165) is 23.7 Å². The minimum Gasteiger partial charge on any atom is -0.324 e. The number of nitrogens with zero attached hydrogens (tertiary/aromatic N) is 2. The van der Waals surface area contributed by atoms with Crippen LogP contribution in [0.4, 0.5) is 0 Å². The van der Waals surface area contributed by atoms with E-state index in [4.69, 9.17) is 5.73 Å². The summed E-state index contributed by atoms with van der Waals surface area (Å²) < 4.78 is 0. The SMILES string of the molecule is NC(CCc1ccncc1)c1ccc2ncccc2c1. The molecule has 1 aromatic carbocycles. The number of hydrogen-bond donors (Lipinski definition) is 1. The molecule has 0 bridgehead atoms. The average Bonchev–Trinajstić information content (AvgIpc) is 2.53. The monoisotopic (exact) mass is 263 g/mol. The fourth-order valence-electron chi connectivity index (χ4n) is 2.36. The molecule has 0 fully saturated rings. The van der Waals surface area contributed by atoms with Gasteiger partial charge in [-0.2, -0.15) is 0 Å². The van der Waals surface area contributed by atoms with E-state index in [0.29, 0.717) is 0 Å². The van der Waals surface area contributed by atoms with Crippen molar-refractivity contribution < 1.29 is 0 Å². The van der Waals surface area contributed by atoms with Crippen molar-refractivity contribution in [2.75, 3.05) is 0 Å². The first-order valence-corrected chi connectivity index (χ1v) is 6.82. The molecule has 20 heavy (non-hydrogen) atoms. The van der Waals surface area contributed by atoms with Gasteiger partial charge in [0.2, 0.25) is 0 Å². The van der Waals surface area contributed by atoms with E-state index in [1.165, 1.54) is 11.1 Å². The molecule has 3 aromatic rings. The number of aromatic nitrogens is 2. The summed E-state index contributed by atoms with van der Waals surface area (Å²) in [6.07, 6.45) is 7.35. The van der Waals surface area contributed by atoms with Gasteiger partial charge in [0.05, 0.1) is 5.52 Å². The molecule has 2 N–H and O–H groups in total. The maximum absolute atomic E-state index is 6.30. The highest BCUT2D eigenvalue weighted by molar-refractivity contribution is 5.79. The van der Waals surface area contributed by atoms with Gasteiger partial charge in [-0.3, -0.25) is 9.97 Å². The molecule has 2 aromatic heterocycles. The standard InChI is InChI=1S/C17H17N3/c18-16(5-3-13-7-10-19-11-8-13)14-4-6-17-15(12-14)2-1-9-20-17/h1-2,4,6-12,16H,3,5,18H2. The second kappa shape index (κ2) is 5.80. The number of fused-ring (bicyclic) bond motifs is 1.